The molecule has 1 unspecified atom stereocenters. The number of nitrogens with zero attached hydrogens (tertiary/aromatic N) is 4. The molecular formula is C30H36N4O2S. The first-order valence-electron chi connectivity index (χ1n) is 13.1. The minimum Gasteiger partial charge on any atom is -0.341 e. The molecule has 3 heterocycles. The molecule has 1 atom stereocenters. The molecule has 2 amide bonds. The zero-order valence-corrected chi connectivity index (χ0v) is 23.3. The summed E-state index contributed by atoms with van der Waals surface area (Å²) in [5.74, 6) is 0.980. The van der Waals surface area contributed by atoms with Crippen molar-refractivity contribution < 1.29 is 9.59 Å². The largest absolute Gasteiger partial charge is 0.341 e. The first-order chi connectivity index (χ1) is 17.6. The van der Waals surface area contributed by atoms with E-state index in [-0.39, 0.29) is 29.0 Å². The van der Waals surface area contributed by atoms with Crippen molar-refractivity contribution >= 4 is 29.4 Å². The Morgan fingerprint density at radius 3 is 2.38 bits per heavy atom. The van der Waals surface area contributed by atoms with E-state index in [0.717, 1.165) is 59.8 Å². The SMILES string of the molecule is Cc1ccc(-n2nc(C(C)(C)C)c3c2N(CC(=O)N2CCCC2)C(=O)CSC3c2cccc(C)c2)cc1. The zero-order chi connectivity index (χ0) is 26.3. The highest BCUT2D eigenvalue weighted by molar-refractivity contribution is 8.00. The molecule has 2 aliphatic heterocycles. The fraction of sp³-hybridized carbons (Fsp3) is 0.433. The Balaban J connectivity index is 1.75. The second kappa shape index (κ2) is 10.0. The van der Waals surface area contributed by atoms with Crippen molar-refractivity contribution in [1.29, 1.82) is 0 Å². The third-order valence-corrected chi connectivity index (χ3v) is 8.43. The van der Waals surface area contributed by atoms with E-state index >= 15 is 0 Å². The number of hydrogen-bond acceptors (Lipinski definition) is 4. The highest BCUT2D eigenvalue weighted by Crippen LogP contribution is 2.48. The van der Waals surface area contributed by atoms with E-state index in [1.165, 1.54) is 5.56 Å². The molecule has 6 nitrogen and oxygen atoms in total. The van der Waals surface area contributed by atoms with Gasteiger partial charge in [0.05, 0.1) is 22.4 Å². The van der Waals surface area contributed by atoms with E-state index in [4.69, 9.17) is 5.10 Å². The predicted molar refractivity (Wildman–Crippen MR) is 151 cm³/mol. The number of fused-ring (bicyclic) bond motifs is 1. The standard InChI is InChI=1S/C30H36N4O2S/c1-20-11-13-23(14-12-20)34-29-26(28(31-34)30(3,4)5)27(22-10-8-9-21(2)17-22)37-19-25(36)33(29)18-24(35)32-15-6-7-16-32/h8-14,17,27H,6-7,15-16,18-19H2,1-5H3. The lowest BCUT2D eigenvalue weighted by Gasteiger charge is -2.26. The Hall–Kier alpha value is -3.06. The molecule has 0 radical (unpaired) electrons. The molecule has 5 rings (SSSR count). The van der Waals surface area contributed by atoms with Gasteiger partial charge in [0.1, 0.15) is 12.4 Å². The Labute approximate surface area is 224 Å². The van der Waals surface area contributed by atoms with Crippen molar-refractivity contribution in [3.63, 3.8) is 0 Å². The van der Waals surface area contributed by atoms with Gasteiger partial charge in [-0.05, 0) is 44.4 Å². The van der Waals surface area contributed by atoms with Gasteiger partial charge in [0.2, 0.25) is 11.8 Å². The molecule has 2 aromatic carbocycles. The molecule has 0 saturated carbocycles. The van der Waals surface area contributed by atoms with E-state index < -0.39 is 0 Å². The molecule has 37 heavy (non-hydrogen) atoms. The summed E-state index contributed by atoms with van der Waals surface area (Å²) in [6.45, 7) is 12.2. The molecule has 194 valence electrons. The minimum atomic E-state index is -0.263. The van der Waals surface area contributed by atoms with Crippen LogP contribution in [-0.4, -0.2) is 51.9 Å². The first-order valence-corrected chi connectivity index (χ1v) is 14.1. The lowest BCUT2D eigenvalue weighted by atomic mass is 9.87. The third-order valence-electron chi connectivity index (χ3n) is 7.18. The van der Waals surface area contributed by atoms with Crippen LogP contribution < -0.4 is 4.90 Å². The summed E-state index contributed by atoms with van der Waals surface area (Å²) in [5, 5.41) is 5.11. The van der Waals surface area contributed by atoms with Gasteiger partial charge in [-0.1, -0.05) is 68.3 Å². The maximum Gasteiger partial charge on any atom is 0.242 e. The van der Waals surface area contributed by atoms with Gasteiger partial charge < -0.3 is 4.90 Å². The molecule has 1 fully saturated rings. The number of rotatable bonds is 4. The van der Waals surface area contributed by atoms with Crippen LogP contribution in [0.15, 0.2) is 48.5 Å². The number of carbonyl (C=O) groups is 2. The summed E-state index contributed by atoms with van der Waals surface area (Å²) < 4.78 is 1.90. The number of benzene rings is 2. The van der Waals surface area contributed by atoms with Crippen molar-refractivity contribution in [2.24, 2.45) is 0 Å². The zero-order valence-electron chi connectivity index (χ0n) is 22.5. The lowest BCUT2D eigenvalue weighted by Crippen LogP contribution is -2.43. The van der Waals surface area contributed by atoms with Gasteiger partial charge >= 0.3 is 0 Å². The molecule has 7 heteroatoms. The number of aryl methyl sites for hydroxylation is 2. The number of aromatic nitrogens is 2. The fourth-order valence-electron chi connectivity index (χ4n) is 5.24. The van der Waals surface area contributed by atoms with E-state index in [1.54, 1.807) is 16.7 Å². The molecule has 0 spiro atoms. The van der Waals surface area contributed by atoms with Gasteiger partial charge in [0.25, 0.3) is 0 Å². The average Bonchev–Trinajstić information content (AvgIpc) is 3.49. The average molecular weight is 517 g/mol. The Kier molecular flexibility index (Phi) is 6.92. The predicted octanol–water partition coefficient (Wildman–Crippen LogP) is 5.58. The van der Waals surface area contributed by atoms with Crippen molar-refractivity contribution in [2.45, 2.75) is 58.1 Å². The van der Waals surface area contributed by atoms with Crippen LogP contribution >= 0.6 is 11.8 Å². The highest BCUT2D eigenvalue weighted by atomic mass is 32.2. The van der Waals surface area contributed by atoms with Crippen LogP contribution in [0.2, 0.25) is 0 Å². The van der Waals surface area contributed by atoms with Gasteiger partial charge in [-0.15, -0.1) is 11.8 Å². The second-order valence-corrected chi connectivity index (χ2v) is 12.3. The third kappa shape index (κ3) is 5.06. The van der Waals surface area contributed by atoms with Gasteiger partial charge in [-0.2, -0.15) is 5.10 Å². The van der Waals surface area contributed by atoms with Crippen LogP contribution in [0.5, 0.6) is 0 Å². The van der Waals surface area contributed by atoms with Crippen LogP contribution in [0, 0.1) is 13.8 Å². The van der Waals surface area contributed by atoms with Crippen molar-refractivity contribution in [3.8, 4) is 5.69 Å². The van der Waals surface area contributed by atoms with Crippen LogP contribution in [0.25, 0.3) is 5.69 Å². The number of amides is 2. The van der Waals surface area contributed by atoms with E-state index in [1.807, 2.05) is 21.7 Å². The molecule has 3 aromatic rings. The molecular weight excluding hydrogens is 480 g/mol. The molecule has 2 aliphatic rings. The summed E-state index contributed by atoms with van der Waals surface area (Å²) in [6.07, 6.45) is 2.04. The lowest BCUT2D eigenvalue weighted by molar-refractivity contribution is -0.130. The number of hydrogen-bond donors (Lipinski definition) is 0. The summed E-state index contributed by atoms with van der Waals surface area (Å²) >= 11 is 1.63. The van der Waals surface area contributed by atoms with Crippen molar-refractivity contribution in [1.82, 2.24) is 14.7 Å². The van der Waals surface area contributed by atoms with Crippen molar-refractivity contribution in [3.05, 3.63) is 76.5 Å². The number of carbonyl (C=O) groups excluding carboxylic acids is 2. The molecule has 1 saturated heterocycles. The van der Waals surface area contributed by atoms with E-state index in [2.05, 4.69) is 71.0 Å². The molecule has 1 aromatic heterocycles. The Morgan fingerprint density at radius 1 is 1.03 bits per heavy atom. The fourth-order valence-corrected chi connectivity index (χ4v) is 6.43. The maximum absolute atomic E-state index is 13.8. The summed E-state index contributed by atoms with van der Waals surface area (Å²) in [6, 6.07) is 16.7. The minimum absolute atomic E-state index is 0.00442. The van der Waals surface area contributed by atoms with Crippen LogP contribution in [0.4, 0.5) is 5.82 Å². The Bertz CT molecular complexity index is 1320. The Morgan fingerprint density at radius 2 is 1.73 bits per heavy atom. The second-order valence-electron chi connectivity index (χ2n) is 11.3. The smallest absolute Gasteiger partial charge is 0.242 e. The number of thioether (sulfide) groups is 1. The van der Waals surface area contributed by atoms with Gasteiger partial charge in [0.15, 0.2) is 0 Å². The summed E-state index contributed by atoms with van der Waals surface area (Å²) in [4.78, 5) is 30.7. The van der Waals surface area contributed by atoms with E-state index in [9.17, 15) is 9.59 Å². The maximum atomic E-state index is 13.8. The quantitative estimate of drug-likeness (QED) is 0.454. The van der Waals surface area contributed by atoms with Crippen LogP contribution in [0.1, 0.15) is 66.8 Å². The van der Waals surface area contributed by atoms with Gasteiger partial charge in [-0.25, -0.2) is 4.68 Å². The molecule has 0 N–H and O–H groups in total. The highest BCUT2D eigenvalue weighted by Gasteiger charge is 2.40. The first kappa shape index (κ1) is 25.6. The van der Waals surface area contributed by atoms with Crippen molar-refractivity contribution in [2.75, 3.05) is 30.3 Å². The summed E-state index contributed by atoms with van der Waals surface area (Å²) in [5.41, 5.74) is 6.10. The molecule has 0 aliphatic carbocycles. The monoisotopic (exact) mass is 516 g/mol. The molecule has 0 bridgehead atoms. The van der Waals surface area contributed by atoms with Crippen LogP contribution in [-0.2, 0) is 15.0 Å². The van der Waals surface area contributed by atoms with Gasteiger partial charge in [-0.3, -0.25) is 14.5 Å². The normalized spacial score (nSPS) is 18.2. The topological polar surface area (TPSA) is 58.4 Å². The number of anilines is 1. The van der Waals surface area contributed by atoms with E-state index in [0.29, 0.717) is 5.75 Å². The number of likely N-dealkylation sites (tertiary alicyclic amines) is 1. The summed E-state index contributed by atoms with van der Waals surface area (Å²) in [7, 11) is 0. The van der Waals surface area contributed by atoms with Gasteiger partial charge in [0, 0.05) is 24.1 Å². The van der Waals surface area contributed by atoms with Crippen LogP contribution in [0.3, 0.4) is 0 Å².